The van der Waals surface area contributed by atoms with Crippen LogP contribution in [0.2, 0.25) is 0 Å². The molecule has 0 aromatic heterocycles. The zero-order valence-electron chi connectivity index (χ0n) is 11.9. The molecule has 1 rings (SSSR count). The van der Waals surface area contributed by atoms with Gasteiger partial charge in [-0.3, -0.25) is 4.79 Å². The fourth-order valence-electron chi connectivity index (χ4n) is 1.81. The van der Waals surface area contributed by atoms with Crippen LogP contribution >= 0.6 is 0 Å². The van der Waals surface area contributed by atoms with Crippen LogP contribution in [0, 0.1) is 13.8 Å². The number of aryl methyl sites for hydroxylation is 2. The van der Waals surface area contributed by atoms with E-state index >= 15 is 0 Å². The summed E-state index contributed by atoms with van der Waals surface area (Å²) in [5, 5.41) is 11.3. The first-order chi connectivity index (χ1) is 9.45. The number of hydrogen-bond donors (Lipinski definition) is 2. The quantitative estimate of drug-likeness (QED) is 0.732. The summed E-state index contributed by atoms with van der Waals surface area (Å²) in [5.41, 5.74) is 1.96. The number of amides is 1. The molecule has 0 spiro atoms. The highest BCUT2D eigenvalue weighted by Gasteiger charge is 2.12. The fraction of sp³-hybridized carbons (Fsp3) is 0.429. The van der Waals surface area contributed by atoms with Gasteiger partial charge in [0.25, 0.3) is 5.91 Å². The molecule has 1 aromatic rings. The average molecular weight is 281 g/mol. The molecule has 0 fully saturated rings. The number of carbonyl (C=O) groups excluding carboxylic acids is 1. The molecule has 6 nitrogen and oxygen atoms in total. The average Bonchev–Trinajstić information content (AvgIpc) is 2.37. The van der Waals surface area contributed by atoms with Crippen LogP contribution in [0.4, 0.5) is 0 Å². The smallest absolute Gasteiger partial charge is 0.341 e. The van der Waals surface area contributed by atoms with Crippen molar-refractivity contribution >= 4 is 11.9 Å². The number of methoxy groups -OCH3 is 1. The molecule has 0 aliphatic heterocycles. The summed E-state index contributed by atoms with van der Waals surface area (Å²) >= 11 is 0. The molecule has 0 saturated heterocycles. The second-order valence-corrected chi connectivity index (χ2v) is 4.37. The van der Waals surface area contributed by atoms with Crippen LogP contribution in [0.1, 0.15) is 21.5 Å². The summed E-state index contributed by atoms with van der Waals surface area (Å²) in [6.45, 7) is 4.03. The van der Waals surface area contributed by atoms with Gasteiger partial charge in [-0.05, 0) is 37.1 Å². The molecular formula is C14H19NO5. The van der Waals surface area contributed by atoms with Crippen LogP contribution < -0.4 is 10.1 Å². The third-order valence-electron chi connectivity index (χ3n) is 2.65. The number of ether oxygens (including phenoxy) is 2. The lowest BCUT2D eigenvalue weighted by Gasteiger charge is -2.13. The van der Waals surface area contributed by atoms with Crippen molar-refractivity contribution in [3.05, 3.63) is 28.8 Å². The molecule has 0 heterocycles. The first-order valence-electron chi connectivity index (χ1n) is 6.18. The van der Waals surface area contributed by atoms with E-state index in [4.69, 9.17) is 14.6 Å². The molecule has 110 valence electrons. The van der Waals surface area contributed by atoms with Crippen molar-refractivity contribution in [3.8, 4) is 5.75 Å². The van der Waals surface area contributed by atoms with E-state index in [1.807, 2.05) is 0 Å². The molecule has 20 heavy (non-hydrogen) atoms. The molecule has 0 atom stereocenters. The summed E-state index contributed by atoms with van der Waals surface area (Å²) < 4.78 is 10.1. The van der Waals surface area contributed by atoms with E-state index in [9.17, 15) is 9.59 Å². The van der Waals surface area contributed by atoms with Crippen LogP contribution in [-0.4, -0.2) is 43.9 Å². The lowest BCUT2D eigenvalue weighted by atomic mass is 10.1. The zero-order valence-corrected chi connectivity index (χ0v) is 11.9. The summed E-state index contributed by atoms with van der Waals surface area (Å²) in [6.07, 6.45) is 0. The number of carboxylic acids is 1. The topological polar surface area (TPSA) is 84.9 Å². The van der Waals surface area contributed by atoms with Crippen molar-refractivity contribution in [1.29, 1.82) is 0 Å². The Bertz CT molecular complexity index is 475. The van der Waals surface area contributed by atoms with E-state index < -0.39 is 12.6 Å². The van der Waals surface area contributed by atoms with Crippen molar-refractivity contribution in [2.45, 2.75) is 13.8 Å². The van der Waals surface area contributed by atoms with Crippen molar-refractivity contribution in [3.63, 3.8) is 0 Å². The molecule has 2 N–H and O–H groups in total. The van der Waals surface area contributed by atoms with Gasteiger partial charge in [0, 0.05) is 19.2 Å². The number of carboxylic acid groups (broad SMARTS) is 1. The molecule has 0 unspecified atom stereocenters. The van der Waals surface area contributed by atoms with Crippen LogP contribution in [0.15, 0.2) is 12.1 Å². The number of rotatable bonds is 7. The lowest BCUT2D eigenvalue weighted by Crippen LogP contribution is -2.27. The Kier molecular flexibility index (Phi) is 5.99. The van der Waals surface area contributed by atoms with Crippen molar-refractivity contribution in [2.75, 3.05) is 26.9 Å². The molecule has 1 amide bonds. The molecule has 0 aliphatic rings. The van der Waals surface area contributed by atoms with Crippen LogP contribution in [0.5, 0.6) is 5.75 Å². The van der Waals surface area contributed by atoms with Gasteiger partial charge in [0.05, 0.1) is 6.61 Å². The number of hydrogen-bond acceptors (Lipinski definition) is 4. The van der Waals surface area contributed by atoms with Crippen LogP contribution in [0.3, 0.4) is 0 Å². The first-order valence-corrected chi connectivity index (χ1v) is 6.18. The van der Waals surface area contributed by atoms with Gasteiger partial charge in [0.15, 0.2) is 6.61 Å². The minimum atomic E-state index is -1.04. The SMILES string of the molecule is COCCNC(=O)c1cc(C)c(OCC(=O)O)c(C)c1. The Labute approximate surface area is 117 Å². The molecule has 6 heteroatoms. The number of carbonyl (C=O) groups is 2. The van der Waals surface area contributed by atoms with Crippen LogP contribution in [0.25, 0.3) is 0 Å². The first kappa shape index (κ1) is 16.0. The highest BCUT2D eigenvalue weighted by atomic mass is 16.5. The van der Waals surface area contributed by atoms with E-state index in [1.54, 1.807) is 33.1 Å². The minimum Gasteiger partial charge on any atom is -0.481 e. The third-order valence-corrected chi connectivity index (χ3v) is 2.65. The Morgan fingerprint density at radius 3 is 2.35 bits per heavy atom. The van der Waals surface area contributed by atoms with Gasteiger partial charge in [-0.2, -0.15) is 0 Å². The summed E-state index contributed by atoms with van der Waals surface area (Å²) in [7, 11) is 1.56. The number of aliphatic carboxylic acids is 1. The van der Waals surface area contributed by atoms with E-state index in [1.165, 1.54) is 0 Å². The maximum absolute atomic E-state index is 11.9. The maximum Gasteiger partial charge on any atom is 0.341 e. The summed E-state index contributed by atoms with van der Waals surface area (Å²) in [5.74, 6) is -0.732. The van der Waals surface area contributed by atoms with Gasteiger partial charge in [0.2, 0.25) is 0 Å². The summed E-state index contributed by atoms with van der Waals surface area (Å²) in [4.78, 5) is 22.4. The molecule has 0 saturated carbocycles. The normalized spacial score (nSPS) is 10.2. The van der Waals surface area contributed by atoms with E-state index in [2.05, 4.69) is 5.32 Å². The Balaban J connectivity index is 2.81. The van der Waals surface area contributed by atoms with Gasteiger partial charge < -0.3 is 19.9 Å². The predicted molar refractivity (Wildman–Crippen MR) is 73.3 cm³/mol. The minimum absolute atomic E-state index is 0.196. The molecular weight excluding hydrogens is 262 g/mol. The third kappa shape index (κ3) is 4.55. The van der Waals surface area contributed by atoms with Crippen molar-refractivity contribution < 1.29 is 24.2 Å². The Hall–Kier alpha value is -2.08. The maximum atomic E-state index is 11.9. The lowest BCUT2D eigenvalue weighted by molar-refractivity contribution is -0.139. The van der Waals surface area contributed by atoms with Gasteiger partial charge >= 0.3 is 5.97 Å². The largest absolute Gasteiger partial charge is 0.481 e. The van der Waals surface area contributed by atoms with E-state index in [0.717, 1.165) is 11.1 Å². The molecule has 0 radical (unpaired) electrons. The standard InChI is InChI=1S/C14H19NO5/c1-9-6-11(14(18)15-4-5-19-3)7-10(2)13(9)20-8-12(16)17/h6-7H,4-5,8H2,1-3H3,(H,15,18)(H,16,17). The Morgan fingerprint density at radius 1 is 1.25 bits per heavy atom. The van der Waals surface area contributed by atoms with Crippen molar-refractivity contribution in [1.82, 2.24) is 5.32 Å². The number of benzene rings is 1. The van der Waals surface area contributed by atoms with Gasteiger partial charge in [-0.15, -0.1) is 0 Å². The Morgan fingerprint density at radius 2 is 1.85 bits per heavy atom. The van der Waals surface area contributed by atoms with Gasteiger partial charge in [0.1, 0.15) is 5.75 Å². The highest BCUT2D eigenvalue weighted by Crippen LogP contribution is 2.24. The van der Waals surface area contributed by atoms with Crippen LogP contribution in [-0.2, 0) is 9.53 Å². The second-order valence-electron chi connectivity index (χ2n) is 4.37. The summed E-state index contributed by atoms with van der Waals surface area (Å²) in [6, 6.07) is 3.35. The van der Waals surface area contributed by atoms with Gasteiger partial charge in [-0.1, -0.05) is 0 Å². The highest BCUT2D eigenvalue weighted by molar-refractivity contribution is 5.94. The number of nitrogens with one attached hydrogen (secondary N) is 1. The van der Waals surface area contributed by atoms with Crippen molar-refractivity contribution in [2.24, 2.45) is 0 Å². The molecule has 1 aromatic carbocycles. The van der Waals surface area contributed by atoms with E-state index in [0.29, 0.717) is 24.5 Å². The zero-order chi connectivity index (χ0) is 15.1. The molecule has 0 bridgehead atoms. The monoisotopic (exact) mass is 281 g/mol. The van der Waals surface area contributed by atoms with Gasteiger partial charge in [-0.25, -0.2) is 4.79 Å². The second kappa shape index (κ2) is 7.49. The fourth-order valence-corrected chi connectivity index (χ4v) is 1.81. The predicted octanol–water partition coefficient (Wildman–Crippen LogP) is 1.14. The molecule has 0 aliphatic carbocycles. The van der Waals surface area contributed by atoms with E-state index in [-0.39, 0.29) is 5.91 Å².